The molecular formula is C21H27N5O. The number of aromatic nitrogens is 4. The summed E-state index contributed by atoms with van der Waals surface area (Å²) in [6, 6.07) is 10.7. The Bertz CT molecular complexity index is 967. The fourth-order valence-corrected chi connectivity index (χ4v) is 4.17. The maximum absolute atomic E-state index is 12.9. The molecular weight excluding hydrogens is 338 g/mol. The summed E-state index contributed by atoms with van der Waals surface area (Å²) in [5, 5.41) is 2.99. The minimum Gasteiger partial charge on any atom is -0.366 e. The molecule has 1 fully saturated rings. The molecule has 1 saturated heterocycles. The molecule has 27 heavy (non-hydrogen) atoms. The fraction of sp³-hybridized carbons (Fsp3) is 0.476. The zero-order chi connectivity index (χ0) is 18.8. The van der Waals surface area contributed by atoms with Gasteiger partial charge in [-0.25, -0.2) is 4.98 Å². The number of fused-ring (bicyclic) bond motifs is 1. The molecule has 3 heterocycles. The third-order valence-corrected chi connectivity index (χ3v) is 5.61. The highest BCUT2D eigenvalue weighted by molar-refractivity contribution is 5.52. The minimum atomic E-state index is -0.0411. The van der Waals surface area contributed by atoms with E-state index in [1.807, 2.05) is 13.8 Å². The van der Waals surface area contributed by atoms with Gasteiger partial charge in [0.15, 0.2) is 0 Å². The number of H-pyrrole nitrogens is 1. The predicted molar refractivity (Wildman–Crippen MR) is 107 cm³/mol. The van der Waals surface area contributed by atoms with Crippen LogP contribution >= 0.6 is 0 Å². The van der Waals surface area contributed by atoms with Gasteiger partial charge in [-0.05, 0) is 57.4 Å². The standard InChI is InChI=1S/C21H27N5O/c1-15-19(20(27)26-21(22-15)23-16(2)24-26)25-13-11-18(12-14-25)10-6-9-17-7-4-3-5-8-17/h3-5,7-8,18H,6,9-14H2,1-2H3,(H,22,23,24). The molecule has 1 aromatic carbocycles. The van der Waals surface area contributed by atoms with Gasteiger partial charge in [0.1, 0.15) is 11.5 Å². The summed E-state index contributed by atoms with van der Waals surface area (Å²) >= 11 is 0. The van der Waals surface area contributed by atoms with Crippen LogP contribution in [-0.2, 0) is 6.42 Å². The average Bonchev–Trinajstić information content (AvgIpc) is 3.04. The molecule has 2 aromatic heterocycles. The largest absolute Gasteiger partial charge is 0.366 e. The Morgan fingerprint density at radius 3 is 2.59 bits per heavy atom. The lowest BCUT2D eigenvalue weighted by Gasteiger charge is -2.33. The third-order valence-electron chi connectivity index (χ3n) is 5.61. The Kier molecular flexibility index (Phi) is 4.97. The summed E-state index contributed by atoms with van der Waals surface area (Å²) in [4.78, 5) is 23.9. The van der Waals surface area contributed by atoms with Crippen LogP contribution in [0.15, 0.2) is 35.1 Å². The molecule has 0 spiro atoms. The number of nitrogens with one attached hydrogen (secondary N) is 1. The Labute approximate surface area is 159 Å². The molecule has 142 valence electrons. The molecule has 1 N–H and O–H groups in total. The number of benzene rings is 1. The molecule has 4 rings (SSSR count). The quantitative estimate of drug-likeness (QED) is 0.754. The van der Waals surface area contributed by atoms with Crippen LogP contribution in [0.4, 0.5) is 5.69 Å². The number of anilines is 1. The highest BCUT2D eigenvalue weighted by atomic mass is 16.1. The molecule has 6 nitrogen and oxygen atoms in total. The third kappa shape index (κ3) is 3.75. The first kappa shape index (κ1) is 17.8. The summed E-state index contributed by atoms with van der Waals surface area (Å²) in [6.07, 6.45) is 5.92. The number of piperidine rings is 1. The smallest absolute Gasteiger partial charge is 0.297 e. The van der Waals surface area contributed by atoms with Gasteiger partial charge in [0, 0.05) is 13.1 Å². The van der Waals surface area contributed by atoms with Gasteiger partial charge in [-0.15, -0.1) is 0 Å². The van der Waals surface area contributed by atoms with Crippen LogP contribution in [0, 0.1) is 19.8 Å². The van der Waals surface area contributed by atoms with Gasteiger partial charge in [0.05, 0.1) is 5.69 Å². The van der Waals surface area contributed by atoms with Crippen molar-refractivity contribution in [3.63, 3.8) is 0 Å². The summed E-state index contributed by atoms with van der Waals surface area (Å²) in [5.41, 5.74) is 2.88. The zero-order valence-corrected chi connectivity index (χ0v) is 16.1. The van der Waals surface area contributed by atoms with E-state index in [1.54, 1.807) is 0 Å². The highest BCUT2D eigenvalue weighted by Gasteiger charge is 2.24. The molecule has 0 amide bonds. The Balaban J connectivity index is 1.38. The van der Waals surface area contributed by atoms with Crippen molar-refractivity contribution < 1.29 is 0 Å². The van der Waals surface area contributed by atoms with E-state index >= 15 is 0 Å². The van der Waals surface area contributed by atoms with E-state index in [9.17, 15) is 4.79 Å². The number of nitrogens with zero attached hydrogens (tertiary/aromatic N) is 4. The molecule has 0 saturated carbocycles. The van der Waals surface area contributed by atoms with Crippen molar-refractivity contribution >= 4 is 11.5 Å². The van der Waals surface area contributed by atoms with E-state index in [0.717, 1.165) is 49.7 Å². The van der Waals surface area contributed by atoms with E-state index in [4.69, 9.17) is 0 Å². The SMILES string of the molecule is Cc1nc2nc(C)c(N3CCC(CCCc4ccccc4)CC3)c(=O)n2[nH]1. The summed E-state index contributed by atoms with van der Waals surface area (Å²) in [6.45, 7) is 5.59. The van der Waals surface area contributed by atoms with Gasteiger partial charge in [-0.1, -0.05) is 30.3 Å². The van der Waals surface area contributed by atoms with Crippen LogP contribution in [0.25, 0.3) is 5.78 Å². The molecule has 3 aromatic rings. The normalized spacial score (nSPS) is 15.6. The second kappa shape index (κ2) is 7.55. The summed E-state index contributed by atoms with van der Waals surface area (Å²) in [7, 11) is 0. The minimum absolute atomic E-state index is 0.0411. The first-order valence-corrected chi connectivity index (χ1v) is 9.86. The van der Waals surface area contributed by atoms with Gasteiger partial charge < -0.3 is 4.90 Å². The lowest BCUT2D eigenvalue weighted by atomic mass is 9.90. The Hall–Kier alpha value is -2.63. The van der Waals surface area contributed by atoms with Gasteiger partial charge in [0.2, 0.25) is 0 Å². The molecule has 1 aliphatic rings. The summed E-state index contributed by atoms with van der Waals surface area (Å²) < 4.78 is 1.46. The fourth-order valence-electron chi connectivity index (χ4n) is 4.17. The topological polar surface area (TPSA) is 66.3 Å². The van der Waals surface area contributed by atoms with Gasteiger partial charge in [0.25, 0.3) is 11.3 Å². The van der Waals surface area contributed by atoms with Crippen LogP contribution in [0.1, 0.15) is 42.8 Å². The second-order valence-corrected chi connectivity index (χ2v) is 7.60. The molecule has 0 bridgehead atoms. The first-order chi connectivity index (χ1) is 13.1. The molecule has 0 radical (unpaired) electrons. The van der Waals surface area contributed by atoms with E-state index in [0.29, 0.717) is 11.6 Å². The Morgan fingerprint density at radius 2 is 1.85 bits per heavy atom. The van der Waals surface area contributed by atoms with E-state index in [-0.39, 0.29) is 5.56 Å². The predicted octanol–water partition coefficient (Wildman–Crippen LogP) is 3.27. The van der Waals surface area contributed by atoms with Crippen molar-refractivity contribution in [2.24, 2.45) is 5.92 Å². The van der Waals surface area contributed by atoms with Crippen molar-refractivity contribution in [1.29, 1.82) is 0 Å². The van der Waals surface area contributed by atoms with Crippen LogP contribution in [0.2, 0.25) is 0 Å². The van der Waals surface area contributed by atoms with Crippen molar-refractivity contribution in [1.82, 2.24) is 19.6 Å². The number of hydrogen-bond donors (Lipinski definition) is 1. The van der Waals surface area contributed by atoms with Crippen LogP contribution < -0.4 is 10.5 Å². The van der Waals surface area contributed by atoms with E-state index in [1.165, 1.54) is 22.9 Å². The van der Waals surface area contributed by atoms with Gasteiger partial charge in [-0.3, -0.25) is 9.89 Å². The molecule has 0 unspecified atom stereocenters. The Morgan fingerprint density at radius 1 is 1.11 bits per heavy atom. The second-order valence-electron chi connectivity index (χ2n) is 7.60. The van der Waals surface area contributed by atoms with Gasteiger partial charge >= 0.3 is 0 Å². The van der Waals surface area contributed by atoms with Gasteiger partial charge in [-0.2, -0.15) is 9.50 Å². The first-order valence-electron chi connectivity index (χ1n) is 9.86. The number of hydrogen-bond acceptors (Lipinski definition) is 4. The van der Waals surface area contributed by atoms with Crippen molar-refractivity contribution in [3.05, 3.63) is 57.8 Å². The molecule has 0 aliphatic carbocycles. The number of rotatable bonds is 5. The van der Waals surface area contributed by atoms with Crippen molar-refractivity contribution in [3.8, 4) is 0 Å². The maximum atomic E-state index is 12.9. The highest BCUT2D eigenvalue weighted by Crippen LogP contribution is 2.26. The van der Waals surface area contributed by atoms with Crippen LogP contribution in [0.3, 0.4) is 0 Å². The molecule has 0 atom stereocenters. The zero-order valence-electron chi connectivity index (χ0n) is 16.1. The number of aryl methyl sites for hydroxylation is 3. The van der Waals surface area contributed by atoms with E-state index < -0.39 is 0 Å². The molecule has 1 aliphatic heterocycles. The van der Waals surface area contributed by atoms with Crippen LogP contribution in [0.5, 0.6) is 0 Å². The maximum Gasteiger partial charge on any atom is 0.297 e. The van der Waals surface area contributed by atoms with E-state index in [2.05, 4.69) is 50.3 Å². The van der Waals surface area contributed by atoms with Crippen molar-refractivity contribution in [2.75, 3.05) is 18.0 Å². The summed E-state index contributed by atoms with van der Waals surface area (Å²) in [5.74, 6) is 1.90. The lowest BCUT2D eigenvalue weighted by molar-refractivity contribution is 0.372. The lowest BCUT2D eigenvalue weighted by Crippen LogP contribution is -2.38. The monoisotopic (exact) mass is 365 g/mol. The van der Waals surface area contributed by atoms with Crippen molar-refractivity contribution in [2.45, 2.75) is 46.0 Å². The number of aromatic amines is 1. The average molecular weight is 365 g/mol. The van der Waals surface area contributed by atoms with Crippen LogP contribution in [-0.4, -0.2) is 32.7 Å². The molecule has 6 heteroatoms.